The van der Waals surface area contributed by atoms with Crippen molar-refractivity contribution in [3.05, 3.63) is 70.6 Å². The molecule has 116 valence electrons. The molecule has 0 aliphatic carbocycles. The average Bonchev–Trinajstić information content (AvgIpc) is 2.95. The van der Waals surface area contributed by atoms with Crippen LogP contribution in [0.5, 0.6) is 0 Å². The Morgan fingerprint density at radius 2 is 1.91 bits per heavy atom. The summed E-state index contributed by atoms with van der Waals surface area (Å²) in [4.78, 5) is 0. The van der Waals surface area contributed by atoms with Crippen LogP contribution in [0.25, 0.3) is 22.2 Å². The second-order valence-electron chi connectivity index (χ2n) is 5.73. The average molecular weight is 371 g/mol. The lowest BCUT2D eigenvalue weighted by molar-refractivity contribution is 0.627. The molecular formula is C19H16BrFN2. The van der Waals surface area contributed by atoms with Gasteiger partial charge in [-0.25, -0.2) is 4.39 Å². The number of halogens is 2. The summed E-state index contributed by atoms with van der Waals surface area (Å²) in [7, 11) is 0. The van der Waals surface area contributed by atoms with E-state index >= 15 is 0 Å². The lowest BCUT2D eigenvalue weighted by Gasteiger charge is -2.13. The van der Waals surface area contributed by atoms with E-state index in [2.05, 4.69) is 56.3 Å². The molecule has 4 heteroatoms. The zero-order chi connectivity index (χ0) is 15.8. The van der Waals surface area contributed by atoms with Crippen molar-refractivity contribution in [1.82, 2.24) is 9.88 Å². The van der Waals surface area contributed by atoms with E-state index in [1.165, 1.54) is 28.7 Å². The molecule has 0 saturated heterocycles. The molecule has 4 rings (SSSR count). The standard InChI is InChI=1S/C19H16BrFN2/c20-14-1-6-17-18(13-7-9-22-10-8-13)12-23(19(17)11-14)16-4-2-15(21)3-5-16/h1-7,11-12,22H,8-10H2. The van der Waals surface area contributed by atoms with Crippen molar-refractivity contribution in [2.24, 2.45) is 0 Å². The summed E-state index contributed by atoms with van der Waals surface area (Å²) in [5.41, 5.74) is 4.73. The zero-order valence-electron chi connectivity index (χ0n) is 12.5. The summed E-state index contributed by atoms with van der Waals surface area (Å²) in [5, 5.41) is 4.58. The molecule has 0 amide bonds. The highest BCUT2D eigenvalue weighted by atomic mass is 79.9. The third kappa shape index (κ3) is 2.73. The van der Waals surface area contributed by atoms with Crippen LogP contribution in [0.4, 0.5) is 4.39 Å². The second-order valence-corrected chi connectivity index (χ2v) is 6.65. The molecule has 3 aromatic rings. The van der Waals surface area contributed by atoms with E-state index in [-0.39, 0.29) is 5.82 Å². The van der Waals surface area contributed by atoms with Gasteiger partial charge in [0.2, 0.25) is 0 Å². The van der Waals surface area contributed by atoms with Crippen LogP contribution in [-0.4, -0.2) is 17.7 Å². The van der Waals surface area contributed by atoms with Gasteiger partial charge >= 0.3 is 0 Å². The Kier molecular flexibility index (Phi) is 3.79. The van der Waals surface area contributed by atoms with Gasteiger partial charge in [0.1, 0.15) is 5.82 Å². The first-order valence-electron chi connectivity index (χ1n) is 7.69. The van der Waals surface area contributed by atoms with Crippen LogP contribution in [0.1, 0.15) is 12.0 Å². The highest BCUT2D eigenvalue weighted by molar-refractivity contribution is 9.10. The van der Waals surface area contributed by atoms with Gasteiger partial charge in [-0.05, 0) is 54.9 Å². The largest absolute Gasteiger partial charge is 0.316 e. The fraction of sp³-hybridized carbons (Fsp3) is 0.158. The molecule has 0 atom stereocenters. The summed E-state index contributed by atoms with van der Waals surface area (Å²) >= 11 is 3.56. The Morgan fingerprint density at radius 3 is 2.65 bits per heavy atom. The second kappa shape index (κ2) is 5.95. The molecule has 1 N–H and O–H groups in total. The van der Waals surface area contributed by atoms with Crippen LogP contribution in [0.3, 0.4) is 0 Å². The number of rotatable bonds is 2. The van der Waals surface area contributed by atoms with Crippen molar-refractivity contribution >= 4 is 32.4 Å². The fourth-order valence-electron chi connectivity index (χ4n) is 3.14. The Bertz CT molecular complexity index is 894. The van der Waals surface area contributed by atoms with Gasteiger partial charge in [-0.3, -0.25) is 0 Å². The smallest absolute Gasteiger partial charge is 0.123 e. The summed E-state index contributed by atoms with van der Waals surface area (Å²) in [5.74, 6) is -0.215. The lowest BCUT2D eigenvalue weighted by atomic mass is 10.00. The molecule has 2 heterocycles. The van der Waals surface area contributed by atoms with E-state index in [1.807, 2.05) is 12.1 Å². The maximum atomic E-state index is 13.2. The minimum absolute atomic E-state index is 0.215. The van der Waals surface area contributed by atoms with Gasteiger partial charge < -0.3 is 9.88 Å². The van der Waals surface area contributed by atoms with Crippen LogP contribution in [0.2, 0.25) is 0 Å². The molecule has 0 radical (unpaired) electrons. The minimum Gasteiger partial charge on any atom is -0.316 e. The highest BCUT2D eigenvalue weighted by Crippen LogP contribution is 2.33. The topological polar surface area (TPSA) is 17.0 Å². The maximum absolute atomic E-state index is 13.2. The van der Waals surface area contributed by atoms with Crippen molar-refractivity contribution in [3.63, 3.8) is 0 Å². The number of benzene rings is 2. The van der Waals surface area contributed by atoms with E-state index in [1.54, 1.807) is 0 Å². The van der Waals surface area contributed by atoms with Crippen LogP contribution < -0.4 is 5.32 Å². The van der Waals surface area contributed by atoms with Crippen LogP contribution in [-0.2, 0) is 0 Å². The van der Waals surface area contributed by atoms with Crippen molar-refractivity contribution < 1.29 is 4.39 Å². The highest BCUT2D eigenvalue weighted by Gasteiger charge is 2.15. The molecule has 0 saturated carbocycles. The zero-order valence-corrected chi connectivity index (χ0v) is 14.1. The number of nitrogens with zero attached hydrogens (tertiary/aromatic N) is 1. The van der Waals surface area contributed by atoms with E-state index in [9.17, 15) is 4.39 Å². The number of fused-ring (bicyclic) bond motifs is 1. The molecule has 1 aliphatic rings. The van der Waals surface area contributed by atoms with Crippen molar-refractivity contribution in [2.45, 2.75) is 6.42 Å². The molecule has 0 bridgehead atoms. The Hall–Kier alpha value is -1.91. The van der Waals surface area contributed by atoms with Gasteiger partial charge in [0, 0.05) is 33.9 Å². The molecule has 2 nitrogen and oxygen atoms in total. The summed E-state index contributed by atoms with van der Waals surface area (Å²) in [6.45, 7) is 1.92. The first kappa shape index (κ1) is 14.7. The van der Waals surface area contributed by atoms with E-state index < -0.39 is 0 Å². The normalized spacial score (nSPS) is 15.0. The summed E-state index contributed by atoms with van der Waals surface area (Å²) in [6, 6.07) is 13.0. The molecule has 2 aromatic carbocycles. The Morgan fingerprint density at radius 1 is 1.09 bits per heavy atom. The van der Waals surface area contributed by atoms with E-state index in [0.29, 0.717) is 0 Å². The van der Waals surface area contributed by atoms with Crippen LogP contribution >= 0.6 is 15.9 Å². The first-order chi connectivity index (χ1) is 11.2. The van der Waals surface area contributed by atoms with Gasteiger partial charge in [-0.2, -0.15) is 0 Å². The van der Waals surface area contributed by atoms with Gasteiger partial charge in [0.05, 0.1) is 5.52 Å². The predicted molar refractivity (Wildman–Crippen MR) is 96.4 cm³/mol. The molecule has 23 heavy (non-hydrogen) atoms. The van der Waals surface area contributed by atoms with Gasteiger partial charge in [-0.1, -0.05) is 28.1 Å². The number of aromatic nitrogens is 1. The molecule has 1 aromatic heterocycles. The van der Waals surface area contributed by atoms with E-state index in [4.69, 9.17) is 0 Å². The third-order valence-electron chi connectivity index (χ3n) is 4.28. The summed E-state index contributed by atoms with van der Waals surface area (Å²) in [6.07, 6.45) is 5.45. The van der Waals surface area contributed by atoms with Crippen LogP contribution in [0.15, 0.2) is 59.2 Å². The molecule has 0 spiro atoms. The van der Waals surface area contributed by atoms with Crippen molar-refractivity contribution in [3.8, 4) is 5.69 Å². The number of nitrogens with one attached hydrogen (secondary N) is 1. The molecular weight excluding hydrogens is 355 g/mol. The first-order valence-corrected chi connectivity index (χ1v) is 8.48. The SMILES string of the molecule is Fc1ccc(-n2cc(C3=CCNCC3)c3ccc(Br)cc32)cc1. The minimum atomic E-state index is -0.215. The van der Waals surface area contributed by atoms with Crippen molar-refractivity contribution in [2.75, 3.05) is 13.1 Å². The predicted octanol–water partition coefficient (Wildman–Crippen LogP) is 4.91. The maximum Gasteiger partial charge on any atom is 0.123 e. The Labute approximate surface area is 142 Å². The number of hydrogen-bond donors (Lipinski definition) is 1. The van der Waals surface area contributed by atoms with Gasteiger partial charge in [-0.15, -0.1) is 0 Å². The van der Waals surface area contributed by atoms with E-state index in [0.717, 1.165) is 35.2 Å². The fourth-order valence-corrected chi connectivity index (χ4v) is 3.49. The number of hydrogen-bond acceptors (Lipinski definition) is 1. The lowest BCUT2D eigenvalue weighted by Crippen LogP contribution is -2.19. The van der Waals surface area contributed by atoms with Gasteiger partial charge in [0.15, 0.2) is 0 Å². The van der Waals surface area contributed by atoms with Crippen LogP contribution in [0, 0.1) is 5.82 Å². The molecule has 1 aliphatic heterocycles. The van der Waals surface area contributed by atoms with Gasteiger partial charge in [0.25, 0.3) is 0 Å². The third-order valence-corrected chi connectivity index (χ3v) is 4.78. The molecule has 0 unspecified atom stereocenters. The van der Waals surface area contributed by atoms with Crippen molar-refractivity contribution in [1.29, 1.82) is 0 Å². The Balaban J connectivity index is 1.95. The summed E-state index contributed by atoms with van der Waals surface area (Å²) < 4.78 is 16.4. The molecule has 0 fully saturated rings. The monoisotopic (exact) mass is 370 g/mol. The quantitative estimate of drug-likeness (QED) is 0.678.